The second kappa shape index (κ2) is 9.22. The van der Waals surface area contributed by atoms with Crippen LogP contribution in [0.15, 0.2) is 0 Å². The van der Waals surface area contributed by atoms with E-state index < -0.39 is 37.0 Å². The lowest BCUT2D eigenvalue weighted by atomic mass is 10.0. The largest absolute Gasteiger partial charge is 0.453 e. The van der Waals surface area contributed by atoms with Crippen molar-refractivity contribution >= 4 is 5.97 Å². The molecule has 0 aliphatic rings. The summed E-state index contributed by atoms with van der Waals surface area (Å²) < 4.78 is 77.6. The van der Waals surface area contributed by atoms with Crippen LogP contribution in [0.3, 0.4) is 0 Å². The van der Waals surface area contributed by atoms with Crippen LogP contribution in [-0.4, -0.2) is 35.6 Å². The molecule has 0 saturated carbocycles. The number of carbonyl (C=O) groups is 1. The fourth-order valence-electron chi connectivity index (χ4n) is 1.85. The van der Waals surface area contributed by atoms with Gasteiger partial charge in [-0.2, -0.15) is 26.3 Å². The van der Waals surface area contributed by atoms with Crippen molar-refractivity contribution in [2.75, 3.05) is 0 Å². The lowest BCUT2D eigenvalue weighted by molar-refractivity contribution is -0.221. The third-order valence-corrected chi connectivity index (χ3v) is 3.00. The molecule has 0 radical (unpaired) electrons. The summed E-state index contributed by atoms with van der Waals surface area (Å²) in [7, 11) is 0. The quantitative estimate of drug-likeness (QED) is 0.391. The van der Waals surface area contributed by atoms with Crippen LogP contribution in [0.25, 0.3) is 0 Å². The van der Waals surface area contributed by atoms with Gasteiger partial charge in [0.25, 0.3) is 0 Å². The highest BCUT2D eigenvalue weighted by Crippen LogP contribution is 2.28. The highest BCUT2D eigenvalue weighted by atomic mass is 19.4. The Morgan fingerprint density at radius 2 is 1.36 bits per heavy atom. The molecule has 0 aromatic carbocycles. The number of alkyl halides is 6. The Hall–Kier alpha value is -0.990. The lowest BCUT2D eigenvalue weighted by Gasteiger charge is -2.19. The molecule has 2 atom stereocenters. The summed E-state index contributed by atoms with van der Waals surface area (Å²) in [5, 5.41) is 8.74. The number of ether oxygens (including phenoxy) is 1. The number of aliphatic hydroxyl groups is 1. The summed E-state index contributed by atoms with van der Waals surface area (Å²) in [6, 6.07) is 0. The monoisotopic (exact) mass is 338 g/mol. The van der Waals surface area contributed by atoms with Crippen molar-refractivity contribution in [1.82, 2.24) is 0 Å². The van der Waals surface area contributed by atoms with Gasteiger partial charge in [-0.1, -0.05) is 25.7 Å². The Morgan fingerprint density at radius 1 is 0.909 bits per heavy atom. The number of rotatable bonds is 9. The lowest BCUT2D eigenvalue weighted by Crippen LogP contribution is -2.33. The number of unbranched alkanes of at least 4 members (excludes halogenated alkanes) is 4. The molecule has 22 heavy (non-hydrogen) atoms. The molecular formula is C13H20F6O3. The maximum atomic E-state index is 12.5. The van der Waals surface area contributed by atoms with E-state index in [4.69, 9.17) is 5.11 Å². The van der Waals surface area contributed by atoms with Crippen LogP contribution in [-0.2, 0) is 9.53 Å². The number of hydrogen-bond acceptors (Lipinski definition) is 3. The molecule has 0 amide bonds. The van der Waals surface area contributed by atoms with Crippen molar-refractivity contribution in [3.8, 4) is 0 Å². The van der Waals surface area contributed by atoms with Crippen molar-refractivity contribution in [3.63, 3.8) is 0 Å². The molecule has 1 N–H and O–H groups in total. The zero-order valence-electron chi connectivity index (χ0n) is 12.1. The van der Waals surface area contributed by atoms with E-state index in [-0.39, 0.29) is 19.3 Å². The third kappa shape index (κ3) is 9.86. The van der Waals surface area contributed by atoms with E-state index in [1.54, 1.807) is 0 Å². The van der Waals surface area contributed by atoms with E-state index in [1.807, 2.05) is 0 Å². The summed E-state index contributed by atoms with van der Waals surface area (Å²) >= 11 is 0. The standard InChI is InChI=1S/C13H20F6O3/c1-9(20)22-11(13(17,18)19)8-6-4-2-3-5-7-10(21)12(14,15)16/h10-11,21H,2-8H2,1H3/t10-,11+/m0/s1. The first kappa shape index (κ1) is 21.0. The maximum absolute atomic E-state index is 12.5. The molecule has 0 saturated heterocycles. The Morgan fingerprint density at radius 3 is 1.77 bits per heavy atom. The highest BCUT2D eigenvalue weighted by Gasteiger charge is 2.41. The number of hydrogen-bond donors (Lipinski definition) is 1. The SMILES string of the molecule is CC(=O)O[C@H](CCCCCCC[C@H](O)C(F)(F)F)C(F)(F)F. The number of esters is 1. The summed E-state index contributed by atoms with van der Waals surface area (Å²) in [4.78, 5) is 10.6. The minimum Gasteiger partial charge on any atom is -0.453 e. The summed E-state index contributed by atoms with van der Waals surface area (Å²) in [5.41, 5.74) is 0. The molecule has 132 valence electrons. The minimum absolute atomic E-state index is 0.146. The van der Waals surface area contributed by atoms with Crippen molar-refractivity contribution in [1.29, 1.82) is 0 Å². The first-order chi connectivity index (χ1) is 9.94. The molecule has 0 unspecified atom stereocenters. The number of halogens is 6. The maximum Gasteiger partial charge on any atom is 0.425 e. The first-order valence-electron chi connectivity index (χ1n) is 6.93. The molecule has 0 heterocycles. The molecule has 0 fully saturated rings. The van der Waals surface area contributed by atoms with Gasteiger partial charge < -0.3 is 9.84 Å². The van der Waals surface area contributed by atoms with Crippen LogP contribution in [0.5, 0.6) is 0 Å². The summed E-state index contributed by atoms with van der Waals surface area (Å²) in [5.74, 6) is -1.01. The van der Waals surface area contributed by atoms with E-state index >= 15 is 0 Å². The van der Waals surface area contributed by atoms with E-state index in [0.717, 1.165) is 6.92 Å². The van der Waals surface area contributed by atoms with Crippen LogP contribution < -0.4 is 0 Å². The van der Waals surface area contributed by atoms with Crippen molar-refractivity contribution in [3.05, 3.63) is 0 Å². The fourth-order valence-corrected chi connectivity index (χ4v) is 1.85. The Balaban J connectivity index is 3.81. The molecule has 0 spiro atoms. The molecule has 0 rings (SSSR count). The summed E-state index contributed by atoms with van der Waals surface area (Å²) in [6.07, 6.45) is -13.0. The van der Waals surface area contributed by atoms with Gasteiger partial charge in [0.05, 0.1) is 0 Å². The van der Waals surface area contributed by atoms with Crippen LogP contribution in [0, 0.1) is 0 Å². The van der Waals surface area contributed by atoms with E-state index in [2.05, 4.69) is 4.74 Å². The third-order valence-electron chi connectivity index (χ3n) is 3.00. The van der Waals surface area contributed by atoms with Gasteiger partial charge in [-0.25, -0.2) is 0 Å². The number of aliphatic hydroxyl groups excluding tert-OH is 1. The van der Waals surface area contributed by atoms with Gasteiger partial charge >= 0.3 is 18.3 Å². The van der Waals surface area contributed by atoms with Gasteiger partial charge in [0.15, 0.2) is 6.10 Å². The Labute approximate surface area is 124 Å². The molecule has 0 aromatic heterocycles. The minimum atomic E-state index is -4.63. The number of carbonyl (C=O) groups excluding carboxylic acids is 1. The smallest absolute Gasteiger partial charge is 0.425 e. The second-order valence-electron chi connectivity index (χ2n) is 5.04. The van der Waals surface area contributed by atoms with Crippen LogP contribution >= 0.6 is 0 Å². The molecular weight excluding hydrogens is 318 g/mol. The fraction of sp³-hybridized carbons (Fsp3) is 0.923. The van der Waals surface area contributed by atoms with E-state index in [0.29, 0.717) is 19.3 Å². The molecule has 0 aliphatic carbocycles. The van der Waals surface area contributed by atoms with Crippen LogP contribution in [0.4, 0.5) is 26.3 Å². The van der Waals surface area contributed by atoms with Crippen LogP contribution in [0.2, 0.25) is 0 Å². The molecule has 3 nitrogen and oxygen atoms in total. The second-order valence-corrected chi connectivity index (χ2v) is 5.04. The van der Waals surface area contributed by atoms with Gasteiger partial charge in [0.1, 0.15) is 6.10 Å². The zero-order chi connectivity index (χ0) is 17.4. The zero-order valence-corrected chi connectivity index (χ0v) is 12.1. The molecule has 0 bridgehead atoms. The van der Waals surface area contributed by atoms with Crippen molar-refractivity contribution < 1.29 is 41.0 Å². The Kier molecular flexibility index (Phi) is 8.80. The normalized spacial score (nSPS) is 15.5. The average Bonchev–Trinajstić information content (AvgIpc) is 2.33. The molecule has 9 heteroatoms. The predicted octanol–water partition coefficient (Wildman–Crippen LogP) is 4.13. The van der Waals surface area contributed by atoms with Gasteiger partial charge in [0.2, 0.25) is 0 Å². The first-order valence-corrected chi connectivity index (χ1v) is 6.93. The van der Waals surface area contributed by atoms with Crippen molar-refractivity contribution in [2.24, 2.45) is 0 Å². The van der Waals surface area contributed by atoms with Crippen molar-refractivity contribution in [2.45, 2.75) is 76.4 Å². The average molecular weight is 338 g/mol. The summed E-state index contributed by atoms with van der Waals surface area (Å²) in [6.45, 7) is 0.894. The Bertz CT molecular complexity index is 327. The van der Waals surface area contributed by atoms with Gasteiger partial charge in [-0.3, -0.25) is 4.79 Å². The van der Waals surface area contributed by atoms with Gasteiger partial charge in [0, 0.05) is 6.92 Å². The topological polar surface area (TPSA) is 46.5 Å². The highest BCUT2D eigenvalue weighted by molar-refractivity contribution is 5.66. The van der Waals surface area contributed by atoms with Crippen LogP contribution in [0.1, 0.15) is 51.9 Å². The molecule has 0 aliphatic heterocycles. The van der Waals surface area contributed by atoms with Gasteiger partial charge in [-0.05, 0) is 19.3 Å². The van der Waals surface area contributed by atoms with E-state index in [9.17, 15) is 31.1 Å². The van der Waals surface area contributed by atoms with Gasteiger partial charge in [-0.15, -0.1) is 0 Å². The predicted molar refractivity (Wildman–Crippen MR) is 66.0 cm³/mol. The van der Waals surface area contributed by atoms with E-state index in [1.165, 1.54) is 0 Å². The molecule has 0 aromatic rings.